The molecule has 1 fully saturated rings. The molecule has 2 aromatic carbocycles. The molecule has 1 saturated carbocycles. The number of hydrogen-bond donors (Lipinski definition) is 2. The number of benzene rings is 2. The van der Waals surface area contributed by atoms with E-state index in [1.165, 1.54) is 18.2 Å². The first-order valence-electron chi connectivity index (χ1n) is 7.99. The minimum absolute atomic E-state index is 0.0577. The molecule has 0 saturated heterocycles. The van der Waals surface area contributed by atoms with Gasteiger partial charge in [0.15, 0.2) is 0 Å². The van der Waals surface area contributed by atoms with Gasteiger partial charge in [-0.05, 0) is 61.7 Å². The minimum Gasteiger partial charge on any atom is -0.326 e. The molecule has 0 aliphatic heterocycles. The summed E-state index contributed by atoms with van der Waals surface area (Å²) in [6.07, 6.45) is 0.497. The lowest BCUT2D eigenvalue weighted by atomic mass is 10.1. The van der Waals surface area contributed by atoms with Crippen LogP contribution in [0.5, 0.6) is 0 Å². The zero-order valence-corrected chi connectivity index (χ0v) is 14.7. The molecule has 0 aromatic heterocycles. The Morgan fingerprint density at radius 1 is 0.960 bits per heavy atom. The quantitative estimate of drug-likeness (QED) is 0.853. The second-order valence-corrected chi connectivity index (χ2v) is 6.76. The molecule has 0 spiro atoms. The van der Waals surface area contributed by atoms with Crippen molar-refractivity contribution in [3.05, 3.63) is 58.4 Å². The molecule has 130 valence electrons. The molecule has 0 heterocycles. The highest BCUT2D eigenvalue weighted by Gasteiger charge is 2.48. The van der Waals surface area contributed by atoms with Gasteiger partial charge in [0.1, 0.15) is 5.82 Å². The lowest BCUT2D eigenvalue weighted by Gasteiger charge is -2.08. The van der Waals surface area contributed by atoms with Gasteiger partial charge in [-0.2, -0.15) is 0 Å². The van der Waals surface area contributed by atoms with Crippen LogP contribution >= 0.6 is 11.6 Å². The average Bonchev–Trinajstić information content (AvgIpc) is 3.35. The first kappa shape index (κ1) is 17.4. The molecule has 1 aliphatic rings. The van der Waals surface area contributed by atoms with Crippen molar-refractivity contribution in [2.24, 2.45) is 11.8 Å². The zero-order chi connectivity index (χ0) is 18.1. The van der Waals surface area contributed by atoms with Crippen molar-refractivity contribution in [1.82, 2.24) is 0 Å². The number of aryl methyl sites for hydroxylation is 2. The van der Waals surface area contributed by atoms with Gasteiger partial charge in [-0.1, -0.05) is 17.7 Å². The van der Waals surface area contributed by atoms with Gasteiger partial charge in [0.25, 0.3) is 0 Å². The average molecular weight is 361 g/mol. The van der Waals surface area contributed by atoms with Gasteiger partial charge >= 0.3 is 0 Å². The van der Waals surface area contributed by atoms with Crippen LogP contribution in [0.4, 0.5) is 15.8 Å². The summed E-state index contributed by atoms with van der Waals surface area (Å²) in [5.74, 6) is -1.70. The van der Waals surface area contributed by atoms with Crippen LogP contribution in [-0.4, -0.2) is 11.8 Å². The largest absolute Gasteiger partial charge is 0.326 e. The lowest BCUT2D eigenvalue weighted by Crippen LogP contribution is -2.20. The molecule has 2 N–H and O–H groups in total. The molecule has 4 nitrogen and oxygen atoms in total. The summed E-state index contributed by atoms with van der Waals surface area (Å²) in [6, 6.07) is 9.67. The molecule has 25 heavy (non-hydrogen) atoms. The first-order chi connectivity index (χ1) is 11.8. The van der Waals surface area contributed by atoms with E-state index in [1.807, 2.05) is 32.0 Å². The summed E-state index contributed by atoms with van der Waals surface area (Å²) in [4.78, 5) is 24.5. The number of hydrogen-bond acceptors (Lipinski definition) is 2. The second-order valence-electron chi connectivity index (χ2n) is 6.36. The van der Waals surface area contributed by atoms with Crippen LogP contribution in [0.1, 0.15) is 17.5 Å². The van der Waals surface area contributed by atoms with Gasteiger partial charge in [-0.3, -0.25) is 9.59 Å². The lowest BCUT2D eigenvalue weighted by molar-refractivity contribution is -0.122. The summed E-state index contributed by atoms with van der Waals surface area (Å²) >= 11 is 5.70. The maximum Gasteiger partial charge on any atom is 0.228 e. The molecule has 2 aromatic rings. The minimum atomic E-state index is -0.545. The summed E-state index contributed by atoms with van der Waals surface area (Å²) in [7, 11) is 0. The van der Waals surface area contributed by atoms with E-state index >= 15 is 0 Å². The van der Waals surface area contributed by atoms with Crippen molar-refractivity contribution in [2.45, 2.75) is 20.3 Å². The van der Waals surface area contributed by atoms with Crippen LogP contribution in [0.25, 0.3) is 0 Å². The Morgan fingerprint density at radius 3 is 2.08 bits per heavy atom. The Hall–Kier alpha value is -2.40. The van der Waals surface area contributed by atoms with Crippen LogP contribution in [0.2, 0.25) is 5.02 Å². The predicted octanol–water partition coefficient (Wildman–Crippen LogP) is 4.31. The fourth-order valence-corrected chi connectivity index (χ4v) is 2.82. The van der Waals surface area contributed by atoms with Crippen molar-refractivity contribution in [2.75, 3.05) is 10.6 Å². The van der Waals surface area contributed by atoms with Crippen molar-refractivity contribution >= 4 is 34.8 Å². The van der Waals surface area contributed by atoms with Gasteiger partial charge < -0.3 is 10.6 Å². The van der Waals surface area contributed by atoms with Crippen LogP contribution in [0.3, 0.4) is 0 Å². The topological polar surface area (TPSA) is 58.2 Å². The van der Waals surface area contributed by atoms with Gasteiger partial charge in [-0.15, -0.1) is 0 Å². The van der Waals surface area contributed by atoms with E-state index in [0.29, 0.717) is 12.1 Å². The molecular formula is C19H18ClFN2O2. The smallest absolute Gasteiger partial charge is 0.228 e. The van der Waals surface area contributed by atoms with Gasteiger partial charge in [-0.25, -0.2) is 4.39 Å². The molecule has 0 radical (unpaired) electrons. The maximum absolute atomic E-state index is 13.1. The maximum atomic E-state index is 13.1. The van der Waals surface area contributed by atoms with Crippen LogP contribution in [-0.2, 0) is 9.59 Å². The number of nitrogens with one attached hydrogen (secondary N) is 2. The summed E-state index contributed by atoms with van der Waals surface area (Å²) in [5.41, 5.74) is 3.39. The number of rotatable bonds is 4. The van der Waals surface area contributed by atoms with Crippen molar-refractivity contribution in [3.8, 4) is 0 Å². The zero-order valence-electron chi connectivity index (χ0n) is 13.9. The van der Waals surface area contributed by atoms with Crippen molar-refractivity contribution in [3.63, 3.8) is 0 Å². The highest BCUT2D eigenvalue weighted by Crippen LogP contribution is 2.40. The Bertz CT molecular complexity index is 784. The molecule has 2 amide bonds. The first-order valence-corrected chi connectivity index (χ1v) is 8.37. The molecule has 3 rings (SSSR count). The van der Waals surface area contributed by atoms with E-state index in [-0.39, 0.29) is 28.7 Å². The number of halogens is 2. The fraction of sp³-hybridized carbons (Fsp3) is 0.263. The molecule has 0 bridgehead atoms. The normalized spacial score (nSPS) is 18.6. The fourth-order valence-electron chi connectivity index (χ4n) is 2.64. The molecule has 2 atom stereocenters. The van der Waals surface area contributed by atoms with Crippen LogP contribution in [0.15, 0.2) is 36.4 Å². The van der Waals surface area contributed by atoms with E-state index in [1.54, 1.807) is 0 Å². The number of carbonyl (C=O) groups is 2. The molecular weight excluding hydrogens is 343 g/mol. The molecule has 1 aliphatic carbocycles. The highest BCUT2D eigenvalue weighted by molar-refractivity contribution is 6.31. The van der Waals surface area contributed by atoms with E-state index in [2.05, 4.69) is 10.6 Å². The number of anilines is 2. The summed E-state index contributed by atoms with van der Waals surface area (Å²) in [6.45, 7) is 3.98. The van der Waals surface area contributed by atoms with E-state index in [0.717, 1.165) is 16.8 Å². The standard InChI is InChI=1S/C19H18ClFN2O2/c1-10-3-4-12(7-11(10)2)22-18(24)14-9-15(14)19(25)23-13-5-6-17(21)16(20)8-13/h3-8,14-15H,9H2,1-2H3,(H,22,24)(H,23,25). The third kappa shape index (κ3) is 3.99. The summed E-state index contributed by atoms with van der Waals surface area (Å²) < 4.78 is 13.1. The van der Waals surface area contributed by atoms with Gasteiger partial charge in [0, 0.05) is 11.4 Å². The predicted molar refractivity (Wildman–Crippen MR) is 96.2 cm³/mol. The summed E-state index contributed by atoms with van der Waals surface area (Å²) in [5, 5.41) is 5.46. The third-order valence-corrected chi connectivity index (χ3v) is 4.72. The monoisotopic (exact) mass is 360 g/mol. The Labute approximate surface area is 150 Å². The third-order valence-electron chi connectivity index (χ3n) is 4.43. The van der Waals surface area contributed by atoms with Crippen LogP contribution < -0.4 is 10.6 Å². The molecule has 6 heteroatoms. The number of carbonyl (C=O) groups excluding carboxylic acids is 2. The second kappa shape index (κ2) is 6.84. The van der Waals surface area contributed by atoms with Crippen molar-refractivity contribution < 1.29 is 14.0 Å². The van der Waals surface area contributed by atoms with Crippen LogP contribution in [0, 0.1) is 31.5 Å². The van der Waals surface area contributed by atoms with Gasteiger partial charge in [0.2, 0.25) is 11.8 Å². The number of amides is 2. The Morgan fingerprint density at radius 2 is 1.52 bits per heavy atom. The highest BCUT2D eigenvalue weighted by atomic mass is 35.5. The van der Waals surface area contributed by atoms with E-state index < -0.39 is 5.82 Å². The van der Waals surface area contributed by atoms with E-state index in [4.69, 9.17) is 11.6 Å². The van der Waals surface area contributed by atoms with Crippen molar-refractivity contribution in [1.29, 1.82) is 0 Å². The SMILES string of the molecule is Cc1ccc(NC(=O)C2CC2C(=O)Nc2ccc(F)c(Cl)c2)cc1C. The molecule has 2 unspecified atom stereocenters. The Balaban J connectivity index is 1.57. The van der Waals surface area contributed by atoms with Gasteiger partial charge in [0.05, 0.1) is 16.9 Å². The Kier molecular flexibility index (Phi) is 4.77. The van der Waals surface area contributed by atoms with E-state index in [9.17, 15) is 14.0 Å².